The molecule has 21 heavy (non-hydrogen) atoms. The maximum atomic E-state index is 12.2. The number of nitrogens with zero attached hydrogens (tertiary/aromatic N) is 1. The molecule has 2 amide bonds. The van der Waals surface area contributed by atoms with Gasteiger partial charge < -0.3 is 15.3 Å². The van der Waals surface area contributed by atoms with Crippen LogP contribution < -0.4 is 5.32 Å². The predicted octanol–water partition coefficient (Wildman–Crippen LogP) is 2.64. The number of rotatable bonds is 5. The summed E-state index contributed by atoms with van der Waals surface area (Å²) in [6.45, 7) is 7.59. The van der Waals surface area contributed by atoms with Crippen molar-refractivity contribution in [1.29, 1.82) is 0 Å². The van der Waals surface area contributed by atoms with Crippen LogP contribution in [0.2, 0.25) is 0 Å². The van der Waals surface area contributed by atoms with Gasteiger partial charge in [0, 0.05) is 12.1 Å². The van der Waals surface area contributed by atoms with E-state index < -0.39 is 11.5 Å². The lowest BCUT2D eigenvalue weighted by Crippen LogP contribution is -2.52. The summed E-state index contributed by atoms with van der Waals surface area (Å²) < 4.78 is 0. The highest BCUT2D eigenvalue weighted by molar-refractivity contribution is 5.80. The number of amides is 2. The summed E-state index contributed by atoms with van der Waals surface area (Å²) in [4.78, 5) is 24.5. The van der Waals surface area contributed by atoms with Crippen LogP contribution in [0.1, 0.15) is 38.8 Å². The van der Waals surface area contributed by atoms with Crippen LogP contribution in [0.3, 0.4) is 0 Å². The Hall–Kier alpha value is -2.04. The molecule has 0 heterocycles. The smallest absolute Gasteiger partial charge is 0.323 e. The van der Waals surface area contributed by atoms with E-state index in [-0.39, 0.29) is 12.6 Å². The third-order valence-corrected chi connectivity index (χ3v) is 3.28. The lowest BCUT2D eigenvalue weighted by Gasteiger charge is -2.34. The van der Waals surface area contributed by atoms with E-state index in [2.05, 4.69) is 12.2 Å². The molecule has 0 aliphatic carbocycles. The predicted molar refractivity (Wildman–Crippen MR) is 82.2 cm³/mol. The molecular weight excluding hydrogens is 268 g/mol. The van der Waals surface area contributed by atoms with E-state index >= 15 is 0 Å². The molecular formula is C16H24N2O3. The van der Waals surface area contributed by atoms with Crippen molar-refractivity contribution in [2.24, 2.45) is 0 Å². The monoisotopic (exact) mass is 292 g/mol. The Morgan fingerprint density at radius 3 is 2.24 bits per heavy atom. The first-order valence-corrected chi connectivity index (χ1v) is 7.09. The molecule has 1 rings (SSSR count). The van der Waals surface area contributed by atoms with Crippen molar-refractivity contribution in [3.05, 3.63) is 35.4 Å². The summed E-state index contributed by atoms with van der Waals surface area (Å²) in [5.41, 5.74) is 1.68. The normalized spacial score (nSPS) is 11.0. The van der Waals surface area contributed by atoms with E-state index in [1.807, 2.05) is 45.0 Å². The molecule has 0 aromatic heterocycles. The van der Waals surface area contributed by atoms with Gasteiger partial charge in [0.1, 0.15) is 6.54 Å². The second-order valence-electron chi connectivity index (χ2n) is 5.93. The van der Waals surface area contributed by atoms with Gasteiger partial charge in [-0.25, -0.2) is 4.79 Å². The SMILES string of the molecule is CCc1ccccc1CNC(=O)N(CC(=O)O)C(C)(C)C. The molecule has 0 bridgehead atoms. The molecule has 0 fully saturated rings. The Labute approximate surface area is 126 Å². The lowest BCUT2D eigenvalue weighted by molar-refractivity contribution is -0.138. The Morgan fingerprint density at radius 1 is 1.19 bits per heavy atom. The van der Waals surface area contributed by atoms with Crippen molar-refractivity contribution in [1.82, 2.24) is 10.2 Å². The van der Waals surface area contributed by atoms with E-state index in [0.717, 1.165) is 12.0 Å². The van der Waals surface area contributed by atoms with Crippen molar-refractivity contribution in [2.45, 2.75) is 46.2 Å². The first-order chi connectivity index (χ1) is 9.75. The third-order valence-electron chi connectivity index (χ3n) is 3.28. The van der Waals surface area contributed by atoms with Crippen LogP contribution in [-0.4, -0.2) is 34.1 Å². The van der Waals surface area contributed by atoms with E-state index in [9.17, 15) is 9.59 Å². The zero-order chi connectivity index (χ0) is 16.0. The molecule has 5 heteroatoms. The fourth-order valence-corrected chi connectivity index (χ4v) is 2.09. The molecule has 5 nitrogen and oxygen atoms in total. The van der Waals surface area contributed by atoms with Gasteiger partial charge in [-0.3, -0.25) is 4.79 Å². The highest BCUT2D eigenvalue weighted by Crippen LogP contribution is 2.14. The lowest BCUT2D eigenvalue weighted by atomic mass is 10.1. The molecule has 0 aliphatic rings. The average molecular weight is 292 g/mol. The van der Waals surface area contributed by atoms with Gasteiger partial charge in [-0.15, -0.1) is 0 Å². The Kier molecular flexibility index (Phi) is 5.76. The van der Waals surface area contributed by atoms with Gasteiger partial charge in [0.25, 0.3) is 0 Å². The third kappa shape index (κ3) is 5.10. The van der Waals surface area contributed by atoms with Crippen LogP contribution in [0.25, 0.3) is 0 Å². The average Bonchev–Trinajstić information content (AvgIpc) is 2.41. The molecule has 0 unspecified atom stereocenters. The number of nitrogens with one attached hydrogen (secondary N) is 1. The number of hydrogen-bond donors (Lipinski definition) is 2. The van der Waals surface area contributed by atoms with E-state index in [0.29, 0.717) is 6.54 Å². The van der Waals surface area contributed by atoms with Crippen LogP contribution in [0.15, 0.2) is 24.3 Å². The van der Waals surface area contributed by atoms with Crippen LogP contribution in [-0.2, 0) is 17.8 Å². The van der Waals surface area contributed by atoms with E-state index in [4.69, 9.17) is 5.11 Å². The second kappa shape index (κ2) is 7.11. The van der Waals surface area contributed by atoms with Gasteiger partial charge in [-0.05, 0) is 38.3 Å². The maximum Gasteiger partial charge on any atom is 0.323 e. The molecule has 116 valence electrons. The number of hydrogen-bond acceptors (Lipinski definition) is 2. The van der Waals surface area contributed by atoms with Crippen LogP contribution in [0, 0.1) is 0 Å². The molecule has 0 saturated heterocycles. The van der Waals surface area contributed by atoms with Gasteiger partial charge in [0.05, 0.1) is 0 Å². The Balaban J connectivity index is 2.76. The largest absolute Gasteiger partial charge is 0.480 e. The minimum Gasteiger partial charge on any atom is -0.480 e. The molecule has 0 spiro atoms. The molecule has 1 aromatic carbocycles. The summed E-state index contributed by atoms with van der Waals surface area (Å²) in [7, 11) is 0. The number of benzene rings is 1. The van der Waals surface area contributed by atoms with Gasteiger partial charge >= 0.3 is 12.0 Å². The summed E-state index contributed by atoms with van der Waals surface area (Å²) in [6.07, 6.45) is 0.893. The Bertz CT molecular complexity index is 506. The van der Waals surface area contributed by atoms with Crippen LogP contribution in [0.4, 0.5) is 4.79 Å². The topological polar surface area (TPSA) is 69.6 Å². The number of carboxylic acid groups (broad SMARTS) is 1. The fraction of sp³-hybridized carbons (Fsp3) is 0.500. The van der Waals surface area contributed by atoms with Crippen molar-refractivity contribution >= 4 is 12.0 Å². The van der Waals surface area contributed by atoms with E-state index in [1.165, 1.54) is 10.5 Å². The summed E-state index contributed by atoms with van der Waals surface area (Å²) in [6, 6.07) is 7.53. The summed E-state index contributed by atoms with van der Waals surface area (Å²) in [5.74, 6) is -1.02. The van der Waals surface area contributed by atoms with Crippen LogP contribution in [0.5, 0.6) is 0 Å². The number of aryl methyl sites for hydroxylation is 1. The first-order valence-electron chi connectivity index (χ1n) is 7.09. The molecule has 2 N–H and O–H groups in total. The molecule has 1 aromatic rings. The zero-order valence-electron chi connectivity index (χ0n) is 13.1. The summed E-state index contributed by atoms with van der Waals surface area (Å²) in [5, 5.41) is 11.8. The Morgan fingerprint density at radius 2 is 1.76 bits per heavy atom. The second-order valence-corrected chi connectivity index (χ2v) is 5.93. The van der Waals surface area contributed by atoms with Crippen molar-refractivity contribution in [3.63, 3.8) is 0 Å². The number of carboxylic acids is 1. The highest BCUT2D eigenvalue weighted by atomic mass is 16.4. The minimum atomic E-state index is -1.02. The minimum absolute atomic E-state index is 0.315. The van der Waals surface area contributed by atoms with Crippen molar-refractivity contribution in [2.75, 3.05) is 6.54 Å². The number of carbonyl (C=O) groups is 2. The van der Waals surface area contributed by atoms with Gasteiger partial charge in [0.15, 0.2) is 0 Å². The zero-order valence-corrected chi connectivity index (χ0v) is 13.1. The first kappa shape index (κ1) is 17.0. The quantitative estimate of drug-likeness (QED) is 0.876. The van der Waals surface area contributed by atoms with Crippen molar-refractivity contribution in [3.8, 4) is 0 Å². The van der Waals surface area contributed by atoms with Crippen molar-refractivity contribution < 1.29 is 14.7 Å². The van der Waals surface area contributed by atoms with Gasteiger partial charge in [-0.1, -0.05) is 31.2 Å². The van der Waals surface area contributed by atoms with Crippen LogP contribution >= 0.6 is 0 Å². The standard InChI is InChI=1S/C16H24N2O3/c1-5-12-8-6-7-9-13(12)10-17-15(21)18(11-14(19)20)16(2,3)4/h6-9H,5,10-11H2,1-4H3,(H,17,21)(H,19,20). The highest BCUT2D eigenvalue weighted by Gasteiger charge is 2.28. The van der Waals surface area contributed by atoms with Gasteiger partial charge in [-0.2, -0.15) is 0 Å². The fourth-order valence-electron chi connectivity index (χ4n) is 2.09. The van der Waals surface area contributed by atoms with E-state index in [1.54, 1.807) is 0 Å². The molecule has 0 saturated carbocycles. The summed E-state index contributed by atoms with van der Waals surface area (Å²) >= 11 is 0. The molecule has 0 aliphatic heterocycles. The van der Waals surface area contributed by atoms with Gasteiger partial charge in [0.2, 0.25) is 0 Å². The number of aliphatic carboxylic acids is 1. The maximum absolute atomic E-state index is 12.2. The molecule has 0 atom stereocenters. The number of urea groups is 1. The number of carbonyl (C=O) groups excluding carboxylic acids is 1. The molecule has 0 radical (unpaired) electrons.